The van der Waals surface area contributed by atoms with Gasteiger partial charge >= 0.3 is 18.0 Å². The maximum Gasteiger partial charge on any atom is 0.329 e. The summed E-state index contributed by atoms with van der Waals surface area (Å²) in [6.45, 7) is -0.280. The molecule has 0 atom stereocenters. The number of carbonyl (C=O) groups excluding carboxylic acids is 2. The number of amides is 2. The quantitative estimate of drug-likeness (QED) is 0.514. The van der Waals surface area contributed by atoms with Crippen LogP contribution in [-0.2, 0) is 14.3 Å². The molecule has 0 heterocycles. The summed E-state index contributed by atoms with van der Waals surface area (Å²) < 4.78 is 4.39. The van der Waals surface area contributed by atoms with Gasteiger partial charge in [0, 0.05) is 0 Å². The molecule has 19 heavy (non-hydrogen) atoms. The number of carboxylic acids is 1. The summed E-state index contributed by atoms with van der Waals surface area (Å²) in [5.74, 6) is -1.61. The summed E-state index contributed by atoms with van der Waals surface area (Å²) in [4.78, 5) is 34.0. The van der Waals surface area contributed by atoms with Crippen LogP contribution >= 0.6 is 0 Å². The molecule has 1 aliphatic rings. The molecule has 0 aromatic carbocycles. The first kappa shape index (κ1) is 15.3. The molecule has 0 aromatic heterocycles. The first-order chi connectivity index (χ1) is 9.00. The Bertz CT molecular complexity index is 348. The van der Waals surface area contributed by atoms with Crippen LogP contribution in [0, 0.1) is 0 Å². The van der Waals surface area contributed by atoms with Crippen molar-refractivity contribution in [1.29, 1.82) is 0 Å². The lowest BCUT2D eigenvalue weighted by Crippen LogP contribution is -2.57. The number of methoxy groups -OCH3 is 1. The van der Waals surface area contributed by atoms with Crippen LogP contribution in [-0.4, -0.2) is 42.3 Å². The van der Waals surface area contributed by atoms with E-state index in [2.05, 4.69) is 15.4 Å². The van der Waals surface area contributed by atoms with Gasteiger partial charge in [-0.1, -0.05) is 25.7 Å². The third kappa shape index (κ3) is 4.42. The smallest absolute Gasteiger partial charge is 0.329 e. The number of aliphatic carboxylic acids is 1. The topological polar surface area (TPSA) is 105 Å². The van der Waals surface area contributed by atoms with E-state index in [0.29, 0.717) is 12.8 Å². The number of hydrogen-bond donors (Lipinski definition) is 3. The van der Waals surface area contributed by atoms with Gasteiger partial charge in [0.2, 0.25) is 0 Å². The molecule has 1 saturated carbocycles. The van der Waals surface area contributed by atoms with E-state index in [0.717, 1.165) is 25.7 Å². The largest absolute Gasteiger partial charge is 0.480 e. The molecule has 3 N–H and O–H groups in total. The van der Waals surface area contributed by atoms with Crippen molar-refractivity contribution in [1.82, 2.24) is 10.6 Å². The molecule has 0 radical (unpaired) electrons. The predicted molar refractivity (Wildman–Crippen MR) is 66.6 cm³/mol. The second kappa shape index (κ2) is 6.96. The zero-order chi connectivity index (χ0) is 14.3. The van der Waals surface area contributed by atoms with Crippen molar-refractivity contribution in [2.45, 2.75) is 44.1 Å². The van der Waals surface area contributed by atoms with Crippen molar-refractivity contribution < 1.29 is 24.2 Å². The van der Waals surface area contributed by atoms with Gasteiger partial charge in [-0.3, -0.25) is 4.79 Å². The third-order valence-corrected chi connectivity index (χ3v) is 3.34. The minimum Gasteiger partial charge on any atom is -0.480 e. The summed E-state index contributed by atoms with van der Waals surface area (Å²) >= 11 is 0. The summed E-state index contributed by atoms with van der Waals surface area (Å²) in [6.07, 6.45) is 4.30. The Morgan fingerprint density at radius 2 is 1.74 bits per heavy atom. The molecule has 7 heteroatoms. The Morgan fingerprint density at radius 1 is 1.16 bits per heavy atom. The Hall–Kier alpha value is -1.79. The van der Waals surface area contributed by atoms with Crippen LogP contribution in [0.3, 0.4) is 0 Å². The van der Waals surface area contributed by atoms with E-state index in [1.54, 1.807) is 0 Å². The highest BCUT2D eigenvalue weighted by Gasteiger charge is 2.40. The molecule has 0 aliphatic heterocycles. The van der Waals surface area contributed by atoms with Crippen LogP contribution in [0.25, 0.3) is 0 Å². The fourth-order valence-corrected chi connectivity index (χ4v) is 2.21. The van der Waals surface area contributed by atoms with Crippen LogP contribution in [0.5, 0.6) is 0 Å². The zero-order valence-corrected chi connectivity index (χ0v) is 11.0. The molecule has 1 fully saturated rings. The average Bonchev–Trinajstić information content (AvgIpc) is 2.62. The number of nitrogens with one attached hydrogen (secondary N) is 2. The number of hydrogen-bond acceptors (Lipinski definition) is 4. The van der Waals surface area contributed by atoms with Crippen molar-refractivity contribution in [3.63, 3.8) is 0 Å². The van der Waals surface area contributed by atoms with Crippen molar-refractivity contribution in [2.75, 3.05) is 13.7 Å². The Balaban J connectivity index is 2.59. The molecule has 0 unspecified atom stereocenters. The van der Waals surface area contributed by atoms with E-state index in [4.69, 9.17) is 0 Å². The highest BCUT2D eigenvalue weighted by molar-refractivity contribution is 5.87. The van der Waals surface area contributed by atoms with E-state index >= 15 is 0 Å². The van der Waals surface area contributed by atoms with Gasteiger partial charge in [-0.2, -0.15) is 0 Å². The summed E-state index contributed by atoms with van der Waals surface area (Å²) in [7, 11) is 1.21. The number of ether oxygens (including phenoxy) is 1. The molecular weight excluding hydrogens is 252 g/mol. The monoisotopic (exact) mass is 272 g/mol. The van der Waals surface area contributed by atoms with Crippen LogP contribution in [0.2, 0.25) is 0 Å². The van der Waals surface area contributed by atoms with E-state index in [-0.39, 0.29) is 6.54 Å². The molecule has 0 aromatic rings. The fraction of sp³-hybridized carbons (Fsp3) is 0.750. The van der Waals surface area contributed by atoms with Gasteiger partial charge < -0.3 is 20.5 Å². The number of esters is 1. The van der Waals surface area contributed by atoms with Gasteiger partial charge in [-0.25, -0.2) is 9.59 Å². The standard InChI is InChI=1S/C12H20N2O5/c1-19-9(15)8-13-11(18)14-12(10(16)17)6-4-2-3-5-7-12/h2-8H2,1H3,(H,16,17)(H2,13,14,18). The first-order valence-corrected chi connectivity index (χ1v) is 6.36. The van der Waals surface area contributed by atoms with Gasteiger partial charge in [0.25, 0.3) is 0 Å². The first-order valence-electron chi connectivity index (χ1n) is 6.36. The van der Waals surface area contributed by atoms with Crippen molar-refractivity contribution in [2.24, 2.45) is 0 Å². The minimum absolute atomic E-state index is 0.280. The maximum atomic E-state index is 11.7. The summed E-state index contributed by atoms with van der Waals surface area (Å²) in [6, 6.07) is -0.658. The number of carboxylic acid groups (broad SMARTS) is 1. The van der Waals surface area contributed by atoms with Gasteiger partial charge in [0.15, 0.2) is 0 Å². The third-order valence-electron chi connectivity index (χ3n) is 3.34. The normalized spacial score (nSPS) is 17.9. The molecular formula is C12H20N2O5. The molecule has 2 amide bonds. The second-order valence-electron chi connectivity index (χ2n) is 4.69. The molecule has 1 aliphatic carbocycles. The van der Waals surface area contributed by atoms with Gasteiger partial charge in [0.05, 0.1) is 7.11 Å². The Kier molecular flexibility index (Phi) is 5.59. The van der Waals surface area contributed by atoms with Crippen LogP contribution < -0.4 is 10.6 Å². The lowest BCUT2D eigenvalue weighted by Gasteiger charge is -2.29. The van der Waals surface area contributed by atoms with Crippen LogP contribution in [0.15, 0.2) is 0 Å². The Morgan fingerprint density at radius 3 is 2.21 bits per heavy atom. The highest BCUT2D eigenvalue weighted by Crippen LogP contribution is 2.27. The van der Waals surface area contributed by atoms with E-state index in [1.807, 2.05) is 0 Å². The van der Waals surface area contributed by atoms with Gasteiger partial charge in [-0.05, 0) is 12.8 Å². The Labute approximate surface area is 111 Å². The number of urea groups is 1. The van der Waals surface area contributed by atoms with Crippen LogP contribution in [0.4, 0.5) is 4.79 Å². The fourth-order valence-electron chi connectivity index (χ4n) is 2.21. The predicted octanol–water partition coefficient (Wildman–Crippen LogP) is 0.636. The maximum absolute atomic E-state index is 11.7. The van der Waals surface area contributed by atoms with Gasteiger partial charge in [0.1, 0.15) is 12.1 Å². The molecule has 1 rings (SSSR count). The van der Waals surface area contributed by atoms with E-state index < -0.39 is 23.5 Å². The molecule has 7 nitrogen and oxygen atoms in total. The molecule has 108 valence electrons. The minimum atomic E-state index is -1.23. The lowest BCUT2D eigenvalue weighted by atomic mass is 9.90. The van der Waals surface area contributed by atoms with Crippen molar-refractivity contribution in [3.8, 4) is 0 Å². The van der Waals surface area contributed by atoms with E-state index in [1.165, 1.54) is 7.11 Å². The number of rotatable bonds is 4. The molecule has 0 saturated heterocycles. The summed E-state index contributed by atoms with van der Waals surface area (Å²) in [5.41, 5.74) is -1.23. The van der Waals surface area contributed by atoms with Gasteiger partial charge in [-0.15, -0.1) is 0 Å². The summed E-state index contributed by atoms with van der Waals surface area (Å²) in [5, 5.41) is 14.1. The second-order valence-corrected chi connectivity index (χ2v) is 4.69. The average molecular weight is 272 g/mol. The highest BCUT2D eigenvalue weighted by atomic mass is 16.5. The lowest BCUT2D eigenvalue weighted by molar-refractivity contribution is -0.145. The SMILES string of the molecule is COC(=O)CNC(=O)NC1(C(=O)O)CCCCCC1. The van der Waals surface area contributed by atoms with E-state index in [9.17, 15) is 19.5 Å². The zero-order valence-electron chi connectivity index (χ0n) is 11.0. The molecule has 0 spiro atoms. The number of carbonyl (C=O) groups is 3. The molecule has 0 bridgehead atoms. The van der Waals surface area contributed by atoms with Crippen LogP contribution in [0.1, 0.15) is 38.5 Å². The van der Waals surface area contributed by atoms with Crippen molar-refractivity contribution in [3.05, 3.63) is 0 Å². The van der Waals surface area contributed by atoms with Crippen molar-refractivity contribution >= 4 is 18.0 Å².